The lowest BCUT2D eigenvalue weighted by Crippen LogP contribution is -2.11. The minimum absolute atomic E-state index is 0.563. The minimum atomic E-state index is 0.563. The number of aromatic nitrogens is 3. The van der Waals surface area contributed by atoms with Crippen molar-refractivity contribution in [2.24, 2.45) is 5.84 Å². The summed E-state index contributed by atoms with van der Waals surface area (Å²) in [6.07, 6.45) is 5.34. The molecule has 3 rings (SSSR count). The van der Waals surface area contributed by atoms with E-state index in [1.54, 1.807) is 12.4 Å². The number of hydrazine groups is 1. The van der Waals surface area contributed by atoms with Gasteiger partial charge in [0.2, 0.25) is 0 Å². The summed E-state index contributed by atoms with van der Waals surface area (Å²) in [4.78, 5) is 8.71. The van der Waals surface area contributed by atoms with Crippen LogP contribution in [0.5, 0.6) is 0 Å². The van der Waals surface area contributed by atoms with Crippen molar-refractivity contribution in [3.8, 4) is 0 Å². The van der Waals surface area contributed by atoms with E-state index in [2.05, 4.69) is 36.6 Å². The Morgan fingerprint density at radius 2 is 2.20 bits per heavy atom. The van der Waals surface area contributed by atoms with Gasteiger partial charge in [0, 0.05) is 22.6 Å². The van der Waals surface area contributed by atoms with Gasteiger partial charge in [-0.1, -0.05) is 15.9 Å². The number of halogens is 1. The standard InChI is InChI=1S/C13H13BrN6/c1-8-6-9(14)2-3-10(8)17-12-13-16-4-5-20(13)7-11(18-12)19-15/h2-7,19H,15H2,1H3,(H,17,18). The van der Waals surface area contributed by atoms with Gasteiger partial charge < -0.3 is 15.1 Å². The first-order valence-electron chi connectivity index (χ1n) is 6.01. The maximum absolute atomic E-state index is 5.44. The summed E-state index contributed by atoms with van der Waals surface area (Å²) in [6, 6.07) is 6.00. The number of nitrogen functional groups attached to an aromatic ring is 1. The maximum atomic E-state index is 5.44. The number of nitrogens with zero attached hydrogens (tertiary/aromatic N) is 3. The topological polar surface area (TPSA) is 80.3 Å². The smallest absolute Gasteiger partial charge is 0.180 e. The van der Waals surface area contributed by atoms with Crippen molar-refractivity contribution in [2.45, 2.75) is 6.92 Å². The van der Waals surface area contributed by atoms with Gasteiger partial charge >= 0.3 is 0 Å². The molecule has 0 aliphatic heterocycles. The van der Waals surface area contributed by atoms with Crippen LogP contribution in [-0.4, -0.2) is 14.4 Å². The van der Waals surface area contributed by atoms with Gasteiger partial charge in [-0.25, -0.2) is 15.8 Å². The third-order valence-electron chi connectivity index (χ3n) is 2.96. The molecule has 0 aliphatic carbocycles. The number of fused-ring (bicyclic) bond motifs is 1. The van der Waals surface area contributed by atoms with Gasteiger partial charge in [0.1, 0.15) is 0 Å². The van der Waals surface area contributed by atoms with E-state index in [1.807, 2.05) is 35.7 Å². The summed E-state index contributed by atoms with van der Waals surface area (Å²) in [5.41, 5.74) is 5.37. The number of rotatable bonds is 3. The van der Waals surface area contributed by atoms with Crippen LogP contribution in [0.3, 0.4) is 0 Å². The fourth-order valence-corrected chi connectivity index (χ4v) is 2.46. The SMILES string of the molecule is Cc1cc(Br)ccc1Nc1nc(NN)cn2ccnc12. The van der Waals surface area contributed by atoms with Gasteiger partial charge in [-0.15, -0.1) is 0 Å². The molecule has 0 fully saturated rings. The van der Waals surface area contributed by atoms with Gasteiger partial charge in [-0.3, -0.25) is 0 Å². The molecule has 0 unspecified atom stereocenters. The Labute approximate surface area is 124 Å². The highest BCUT2D eigenvalue weighted by molar-refractivity contribution is 9.10. The minimum Gasteiger partial charge on any atom is -0.337 e. The molecule has 6 nitrogen and oxygen atoms in total. The summed E-state index contributed by atoms with van der Waals surface area (Å²) in [5, 5.41) is 3.29. The zero-order valence-corrected chi connectivity index (χ0v) is 12.3. The Balaban J connectivity index is 2.07. The van der Waals surface area contributed by atoms with Gasteiger partial charge in [-0.05, 0) is 30.7 Å². The number of nitrogens with two attached hydrogens (primary N) is 1. The van der Waals surface area contributed by atoms with Crippen molar-refractivity contribution < 1.29 is 0 Å². The van der Waals surface area contributed by atoms with Crippen LogP contribution in [0.25, 0.3) is 5.65 Å². The van der Waals surface area contributed by atoms with Crippen molar-refractivity contribution in [3.05, 3.63) is 46.8 Å². The van der Waals surface area contributed by atoms with E-state index in [1.165, 1.54) is 0 Å². The van der Waals surface area contributed by atoms with Crippen molar-refractivity contribution >= 4 is 38.9 Å². The summed E-state index contributed by atoms with van der Waals surface area (Å²) in [7, 11) is 0. The second-order valence-electron chi connectivity index (χ2n) is 4.36. The lowest BCUT2D eigenvalue weighted by molar-refractivity contribution is 1.11. The molecule has 0 bridgehead atoms. The summed E-state index contributed by atoms with van der Waals surface area (Å²) in [5.74, 6) is 6.65. The zero-order valence-electron chi connectivity index (χ0n) is 10.8. The van der Waals surface area contributed by atoms with Crippen LogP contribution in [0.2, 0.25) is 0 Å². The number of benzene rings is 1. The van der Waals surface area contributed by atoms with E-state index in [0.29, 0.717) is 11.6 Å². The van der Waals surface area contributed by atoms with Crippen LogP contribution in [-0.2, 0) is 0 Å². The van der Waals surface area contributed by atoms with Crippen LogP contribution >= 0.6 is 15.9 Å². The van der Waals surface area contributed by atoms with Crippen molar-refractivity contribution in [1.29, 1.82) is 0 Å². The number of hydrogen-bond acceptors (Lipinski definition) is 5. The molecule has 7 heteroatoms. The molecule has 0 radical (unpaired) electrons. The molecular weight excluding hydrogens is 320 g/mol. The third kappa shape index (κ3) is 2.33. The molecule has 0 amide bonds. The lowest BCUT2D eigenvalue weighted by Gasteiger charge is -2.11. The molecular formula is C13H13BrN6. The average molecular weight is 333 g/mol. The fourth-order valence-electron chi connectivity index (χ4n) is 1.98. The lowest BCUT2D eigenvalue weighted by atomic mass is 10.2. The van der Waals surface area contributed by atoms with Crippen LogP contribution in [0.15, 0.2) is 41.3 Å². The molecule has 0 spiro atoms. The number of imidazole rings is 1. The number of anilines is 3. The Morgan fingerprint density at radius 3 is 2.95 bits per heavy atom. The molecule has 20 heavy (non-hydrogen) atoms. The Bertz CT molecular complexity index is 767. The average Bonchev–Trinajstić information content (AvgIpc) is 2.90. The first-order chi connectivity index (χ1) is 9.67. The van der Waals surface area contributed by atoms with Gasteiger partial charge in [0.05, 0.1) is 6.20 Å². The Kier molecular flexibility index (Phi) is 3.29. The first-order valence-corrected chi connectivity index (χ1v) is 6.80. The largest absolute Gasteiger partial charge is 0.337 e. The fraction of sp³-hybridized carbons (Fsp3) is 0.0769. The van der Waals surface area contributed by atoms with E-state index in [9.17, 15) is 0 Å². The van der Waals surface area contributed by atoms with Crippen LogP contribution < -0.4 is 16.6 Å². The highest BCUT2D eigenvalue weighted by Crippen LogP contribution is 2.25. The molecule has 3 aromatic rings. The summed E-state index contributed by atoms with van der Waals surface area (Å²) < 4.78 is 2.90. The quantitative estimate of drug-likeness (QED) is 0.507. The molecule has 102 valence electrons. The molecule has 0 saturated heterocycles. The predicted octanol–water partition coefficient (Wildman–Crippen LogP) is 2.83. The molecule has 0 saturated carbocycles. The van der Waals surface area contributed by atoms with Crippen molar-refractivity contribution in [2.75, 3.05) is 10.7 Å². The number of aryl methyl sites for hydroxylation is 1. The third-order valence-corrected chi connectivity index (χ3v) is 3.46. The molecule has 1 aromatic carbocycles. The normalized spacial score (nSPS) is 10.8. The zero-order chi connectivity index (χ0) is 14.1. The molecule has 4 N–H and O–H groups in total. The maximum Gasteiger partial charge on any atom is 0.180 e. The van der Waals surface area contributed by atoms with E-state index < -0.39 is 0 Å². The molecule has 2 aromatic heterocycles. The van der Waals surface area contributed by atoms with E-state index in [0.717, 1.165) is 21.4 Å². The van der Waals surface area contributed by atoms with Crippen molar-refractivity contribution in [1.82, 2.24) is 14.4 Å². The van der Waals surface area contributed by atoms with E-state index in [4.69, 9.17) is 5.84 Å². The van der Waals surface area contributed by atoms with Gasteiger partial charge in [0.15, 0.2) is 17.3 Å². The second kappa shape index (κ2) is 5.10. The van der Waals surface area contributed by atoms with Gasteiger partial charge in [0.25, 0.3) is 0 Å². The Morgan fingerprint density at radius 1 is 1.35 bits per heavy atom. The number of nitrogens with one attached hydrogen (secondary N) is 2. The monoisotopic (exact) mass is 332 g/mol. The van der Waals surface area contributed by atoms with E-state index >= 15 is 0 Å². The van der Waals surface area contributed by atoms with Crippen LogP contribution in [0.4, 0.5) is 17.3 Å². The van der Waals surface area contributed by atoms with Crippen molar-refractivity contribution in [3.63, 3.8) is 0 Å². The Hall–Kier alpha value is -2.12. The summed E-state index contributed by atoms with van der Waals surface area (Å²) in [6.45, 7) is 2.03. The van der Waals surface area contributed by atoms with Crippen LogP contribution in [0, 0.1) is 6.92 Å². The number of hydrogen-bond donors (Lipinski definition) is 3. The predicted molar refractivity (Wildman–Crippen MR) is 83.0 cm³/mol. The molecule has 0 atom stereocenters. The first kappa shape index (κ1) is 12.9. The van der Waals surface area contributed by atoms with Crippen LogP contribution in [0.1, 0.15) is 5.56 Å². The highest BCUT2D eigenvalue weighted by atomic mass is 79.9. The highest BCUT2D eigenvalue weighted by Gasteiger charge is 2.08. The van der Waals surface area contributed by atoms with Gasteiger partial charge in [-0.2, -0.15) is 0 Å². The second-order valence-corrected chi connectivity index (χ2v) is 5.28. The molecule has 2 heterocycles. The molecule has 0 aliphatic rings. The van der Waals surface area contributed by atoms with E-state index in [-0.39, 0.29) is 0 Å². The summed E-state index contributed by atoms with van der Waals surface area (Å²) >= 11 is 3.45.